The average Bonchev–Trinajstić information content (AvgIpc) is 3.17. The van der Waals surface area contributed by atoms with Crippen LogP contribution in [0.4, 0.5) is 15.8 Å². The highest BCUT2D eigenvalue weighted by atomic mass is 19.1. The molecule has 1 saturated heterocycles. The third kappa shape index (κ3) is 4.54. The zero-order chi connectivity index (χ0) is 18.4. The van der Waals surface area contributed by atoms with Gasteiger partial charge in [0, 0.05) is 24.3 Å². The molecule has 26 heavy (non-hydrogen) atoms. The summed E-state index contributed by atoms with van der Waals surface area (Å²) in [5, 5.41) is 2.75. The van der Waals surface area contributed by atoms with Gasteiger partial charge in [0.25, 0.3) is 5.91 Å². The molecule has 0 bridgehead atoms. The normalized spacial score (nSPS) is 13.7. The largest absolute Gasteiger partial charge is 0.494 e. The Morgan fingerprint density at radius 2 is 1.88 bits per heavy atom. The van der Waals surface area contributed by atoms with Crippen LogP contribution in [0.3, 0.4) is 0 Å². The number of rotatable bonds is 7. The van der Waals surface area contributed by atoms with E-state index in [9.17, 15) is 9.18 Å². The Bertz CT molecular complexity index is 740. The number of carbonyl (C=O) groups is 1. The number of unbranched alkanes of at least 4 members (excludes halogenated alkanes) is 1. The number of carbonyl (C=O) groups excluding carboxylic acids is 1. The van der Waals surface area contributed by atoms with Crippen molar-refractivity contribution >= 4 is 17.3 Å². The van der Waals surface area contributed by atoms with E-state index >= 15 is 0 Å². The lowest BCUT2D eigenvalue weighted by Gasteiger charge is -2.18. The first-order chi connectivity index (χ1) is 12.7. The summed E-state index contributed by atoms with van der Waals surface area (Å²) in [7, 11) is 0. The monoisotopic (exact) mass is 356 g/mol. The van der Waals surface area contributed by atoms with Crippen molar-refractivity contribution in [3.63, 3.8) is 0 Å². The maximum Gasteiger partial charge on any atom is 0.255 e. The first-order valence-corrected chi connectivity index (χ1v) is 9.26. The number of nitrogens with one attached hydrogen (secondary N) is 1. The highest BCUT2D eigenvalue weighted by Gasteiger charge is 2.16. The second-order valence-electron chi connectivity index (χ2n) is 6.54. The van der Waals surface area contributed by atoms with Crippen LogP contribution in [0.5, 0.6) is 5.75 Å². The van der Waals surface area contributed by atoms with Gasteiger partial charge in [-0.25, -0.2) is 4.39 Å². The van der Waals surface area contributed by atoms with Gasteiger partial charge in [-0.05, 0) is 61.7 Å². The van der Waals surface area contributed by atoms with E-state index in [-0.39, 0.29) is 11.7 Å². The van der Waals surface area contributed by atoms with Crippen LogP contribution in [0, 0.1) is 5.82 Å². The predicted molar refractivity (Wildman–Crippen MR) is 103 cm³/mol. The summed E-state index contributed by atoms with van der Waals surface area (Å²) >= 11 is 0. The number of amides is 1. The summed E-state index contributed by atoms with van der Waals surface area (Å²) in [6.07, 6.45) is 4.26. The summed E-state index contributed by atoms with van der Waals surface area (Å²) < 4.78 is 19.9. The second-order valence-corrected chi connectivity index (χ2v) is 6.54. The topological polar surface area (TPSA) is 41.6 Å². The molecule has 1 aliphatic heterocycles. The zero-order valence-electron chi connectivity index (χ0n) is 15.1. The number of hydrogen-bond acceptors (Lipinski definition) is 3. The van der Waals surface area contributed by atoms with Crippen LogP contribution in [-0.4, -0.2) is 25.6 Å². The van der Waals surface area contributed by atoms with Crippen molar-refractivity contribution < 1.29 is 13.9 Å². The van der Waals surface area contributed by atoms with Crippen LogP contribution in [0.2, 0.25) is 0 Å². The van der Waals surface area contributed by atoms with Crippen molar-refractivity contribution in [2.24, 2.45) is 0 Å². The fourth-order valence-corrected chi connectivity index (χ4v) is 3.04. The van der Waals surface area contributed by atoms with E-state index in [2.05, 4.69) is 12.2 Å². The number of anilines is 2. The van der Waals surface area contributed by atoms with Gasteiger partial charge in [-0.3, -0.25) is 4.79 Å². The molecule has 0 unspecified atom stereocenters. The summed E-state index contributed by atoms with van der Waals surface area (Å²) in [5.41, 5.74) is 1.57. The van der Waals surface area contributed by atoms with Gasteiger partial charge in [0.05, 0.1) is 12.3 Å². The van der Waals surface area contributed by atoms with Crippen LogP contribution in [0.15, 0.2) is 42.5 Å². The lowest BCUT2D eigenvalue weighted by molar-refractivity contribution is 0.102. The van der Waals surface area contributed by atoms with Gasteiger partial charge in [0.15, 0.2) is 0 Å². The second kappa shape index (κ2) is 8.70. The van der Waals surface area contributed by atoms with Gasteiger partial charge in [-0.1, -0.05) is 13.3 Å². The molecule has 1 aliphatic rings. The van der Waals surface area contributed by atoms with Crippen molar-refractivity contribution in [2.75, 3.05) is 29.9 Å². The molecule has 1 amide bonds. The highest BCUT2D eigenvalue weighted by molar-refractivity contribution is 6.04. The predicted octanol–water partition coefficient (Wildman–Crippen LogP) is 4.86. The van der Waals surface area contributed by atoms with Crippen LogP contribution in [-0.2, 0) is 0 Å². The summed E-state index contributed by atoms with van der Waals surface area (Å²) in [4.78, 5) is 14.4. The molecule has 4 nitrogen and oxygen atoms in total. The Labute approximate surface area is 154 Å². The third-order valence-corrected chi connectivity index (χ3v) is 4.54. The SMILES string of the molecule is CCCCOc1ccc(C(=O)Nc2ccc(N3CCCC3)c(F)c2)cc1. The Morgan fingerprint density at radius 3 is 2.54 bits per heavy atom. The van der Waals surface area contributed by atoms with Crippen molar-refractivity contribution in [1.82, 2.24) is 0 Å². The highest BCUT2D eigenvalue weighted by Crippen LogP contribution is 2.26. The van der Waals surface area contributed by atoms with E-state index in [1.807, 2.05) is 4.90 Å². The third-order valence-electron chi connectivity index (χ3n) is 4.54. The molecule has 1 heterocycles. The molecule has 0 spiro atoms. The zero-order valence-corrected chi connectivity index (χ0v) is 15.1. The number of nitrogens with zero attached hydrogens (tertiary/aromatic N) is 1. The molecule has 3 rings (SSSR count). The molecule has 138 valence electrons. The molecule has 2 aromatic rings. The molecular formula is C21H25FN2O2. The van der Waals surface area contributed by atoms with E-state index in [1.54, 1.807) is 36.4 Å². The molecule has 1 fully saturated rings. The van der Waals surface area contributed by atoms with E-state index in [4.69, 9.17) is 4.74 Å². The standard InChI is InChI=1S/C21H25FN2O2/c1-2-3-14-26-18-9-6-16(7-10-18)21(25)23-17-8-11-20(19(22)15-17)24-12-4-5-13-24/h6-11,15H,2-5,12-14H2,1H3,(H,23,25). The van der Waals surface area contributed by atoms with Gasteiger partial charge < -0.3 is 15.0 Å². The van der Waals surface area contributed by atoms with E-state index < -0.39 is 0 Å². The summed E-state index contributed by atoms with van der Waals surface area (Å²) in [6.45, 7) is 4.55. The maximum atomic E-state index is 14.3. The maximum absolute atomic E-state index is 14.3. The first-order valence-electron chi connectivity index (χ1n) is 9.26. The fraction of sp³-hybridized carbons (Fsp3) is 0.381. The van der Waals surface area contributed by atoms with Crippen molar-refractivity contribution in [3.8, 4) is 5.75 Å². The number of hydrogen-bond donors (Lipinski definition) is 1. The summed E-state index contributed by atoms with van der Waals surface area (Å²) in [6, 6.07) is 11.9. The molecule has 0 radical (unpaired) electrons. The molecule has 1 N–H and O–H groups in total. The minimum Gasteiger partial charge on any atom is -0.494 e. The average molecular weight is 356 g/mol. The van der Waals surface area contributed by atoms with Crippen molar-refractivity contribution in [2.45, 2.75) is 32.6 Å². The lowest BCUT2D eigenvalue weighted by Crippen LogP contribution is -2.19. The molecule has 0 aromatic heterocycles. The Morgan fingerprint density at radius 1 is 1.15 bits per heavy atom. The van der Waals surface area contributed by atoms with Crippen LogP contribution < -0.4 is 15.0 Å². The lowest BCUT2D eigenvalue weighted by atomic mass is 10.2. The summed E-state index contributed by atoms with van der Waals surface area (Å²) in [5.74, 6) is 0.179. The van der Waals surface area contributed by atoms with E-state index in [1.165, 1.54) is 6.07 Å². The van der Waals surface area contributed by atoms with Gasteiger partial charge in [0.2, 0.25) is 0 Å². The number of benzene rings is 2. The number of halogens is 1. The molecule has 0 aliphatic carbocycles. The molecule has 0 atom stereocenters. The van der Waals surface area contributed by atoms with Crippen molar-refractivity contribution in [3.05, 3.63) is 53.8 Å². The Balaban J connectivity index is 1.61. The molecular weight excluding hydrogens is 331 g/mol. The van der Waals surface area contributed by atoms with E-state index in [0.29, 0.717) is 23.5 Å². The Hall–Kier alpha value is -2.56. The van der Waals surface area contributed by atoms with Crippen LogP contribution in [0.1, 0.15) is 43.0 Å². The molecule has 0 saturated carbocycles. The fourth-order valence-electron chi connectivity index (χ4n) is 3.04. The van der Waals surface area contributed by atoms with Gasteiger partial charge in [0.1, 0.15) is 11.6 Å². The Kier molecular flexibility index (Phi) is 6.10. The number of ether oxygens (including phenoxy) is 1. The smallest absolute Gasteiger partial charge is 0.255 e. The van der Waals surface area contributed by atoms with Crippen molar-refractivity contribution in [1.29, 1.82) is 0 Å². The van der Waals surface area contributed by atoms with Gasteiger partial charge in [-0.2, -0.15) is 0 Å². The van der Waals surface area contributed by atoms with Crippen LogP contribution >= 0.6 is 0 Å². The van der Waals surface area contributed by atoms with Gasteiger partial charge in [-0.15, -0.1) is 0 Å². The van der Waals surface area contributed by atoms with E-state index in [0.717, 1.165) is 44.5 Å². The first kappa shape index (κ1) is 18.2. The molecule has 2 aromatic carbocycles. The van der Waals surface area contributed by atoms with Crippen LogP contribution in [0.25, 0.3) is 0 Å². The quantitative estimate of drug-likeness (QED) is 0.721. The molecule has 5 heteroatoms. The minimum atomic E-state index is -0.302. The minimum absolute atomic E-state index is 0.265. The van der Waals surface area contributed by atoms with Gasteiger partial charge >= 0.3 is 0 Å².